The first-order chi connectivity index (χ1) is 6.58. The molecule has 0 fully saturated rings. The van der Waals surface area contributed by atoms with Crippen LogP contribution in [-0.4, -0.2) is 30.3 Å². The van der Waals surface area contributed by atoms with E-state index < -0.39 is 7.60 Å². The van der Waals surface area contributed by atoms with Gasteiger partial charge in [-0.25, -0.2) is 0 Å². The van der Waals surface area contributed by atoms with Crippen molar-refractivity contribution in [3.63, 3.8) is 0 Å². The van der Waals surface area contributed by atoms with Gasteiger partial charge in [0, 0.05) is 0 Å². The molecule has 0 saturated heterocycles. The summed E-state index contributed by atoms with van der Waals surface area (Å²) in [5, 5.41) is 0. The molecule has 7 heteroatoms. The summed E-state index contributed by atoms with van der Waals surface area (Å²) >= 11 is 6.94. The highest BCUT2D eigenvalue weighted by Gasteiger charge is 2.22. The maximum atomic E-state index is 11.8. The summed E-state index contributed by atoms with van der Waals surface area (Å²) in [5.41, 5.74) is 0. The number of hydrogen-bond acceptors (Lipinski definition) is 5. The van der Waals surface area contributed by atoms with E-state index in [2.05, 4.69) is 4.99 Å². The first-order valence-electron chi connectivity index (χ1n) is 4.20. The van der Waals surface area contributed by atoms with Crippen molar-refractivity contribution in [3.8, 4) is 0 Å². The third-order valence-corrected chi connectivity index (χ3v) is 4.03. The maximum Gasteiger partial charge on any atom is 0.351 e. The zero-order valence-electron chi connectivity index (χ0n) is 8.53. The first-order valence-corrected chi connectivity index (χ1v) is 7.53. The van der Waals surface area contributed by atoms with E-state index in [4.69, 9.17) is 20.6 Å². The van der Waals surface area contributed by atoms with Gasteiger partial charge in [-0.05, 0) is 20.1 Å². The molecule has 0 rings (SSSR count). The zero-order valence-corrected chi connectivity index (χ0v) is 11.0. The van der Waals surface area contributed by atoms with Gasteiger partial charge in [-0.3, -0.25) is 9.56 Å². The minimum Gasteiger partial charge on any atom is -0.308 e. The van der Waals surface area contributed by atoms with Crippen molar-refractivity contribution in [1.82, 2.24) is 0 Å². The number of aliphatic imine (C=N–C) groups is 1. The minimum atomic E-state index is -3.07. The lowest BCUT2D eigenvalue weighted by Gasteiger charge is -2.14. The van der Waals surface area contributed by atoms with Crippen LogP contribution in [0, 0.1) is 0 Å². The molecule has 0 aliphatic heterocycles. The average molecular weight is 260 g/mol. The lowest BCUT2D eigenvalue weighted by molar-refractivity contribution is 0.221. The SMILES string of the molecule is CCOP(=O)(C/N=C(/Cl)SC)OCC. The fourth-order valence-electron chi connectivity index (χ4n) is 0.719. The molecule has 0 heterocycles. The van der Waals surface area contributed by atoms with E-state index in [0.29, 0.717) is 17.7 Å². The number of rotatable bonds is 6. The molecule has 0 spiro atoms. The summed E-state index contributed by atoms with van der Waals surface area (Å²) in [6.07, 6.45) is 1.77. The van der Waals surface area contributed by atoms with Crippen molar-refractivity contribution < 1.29 is 13.6 Å². The molecule has 0 saturated carbocycles. The fourth-order valence-corrected chi connectivity index (χ4v) is 2.49. The monoisotopic (exact) mass is 259 g/mol. The quantitative estimate of drug-likeness (QED) is 0.418. The number of halogens is 1. The van der Waals surface area contributed by atoms with E-state index >= 15 is 0 Å². The van der Waals surface area contributed by atoms with Crippen LogP contribution in [0.3, 0.4) is 0 Å². The van der Waals surface area contributed by atoms with Gasteiger partial charge >= 0.3 is 7.60 Å². The van der Waals surface area contributed by atoms with E-state index in [1.165, 1.54) is 11.8 Å². The highest BCUT2D eigenvalue weighted by Crippen LogP contribution is 2.48. The van der Waals surface area contributed by atoms with E-state index in [-0.39, 0.29) is 6.29 Å². The van der Waals surface area contributed by atoms with Gasteiger partial charge in [0.1, 0.15) is 6.29 Å². The summed E-state index contributed by atoms with van der Waals surface area (Å²) in [6, 6.07) is 0. The number of nitrogens with zero attached hydrogens (tertiary/aromatic N) is 1. The molecule has 14 heavy (non-hydrogen) atoms. The summed E-state index contributed by atoms with van der Waals surface area (Å²) in [7, 11) is -3.07. The van der Waals surface area contributed by atoms with Crippen molar-refractivity contribution in [2.45, 2.75) is 13.8 Å². The molecular formula is C7H15ClNO3PS. The summed E-state index contributed by atoms with van der Waals surface area (Å²) in [5.74, 6) is 0. The van der Waals surface area contributed by atoms with Crippen LogP contribution in [0.4, 0.5) is 0 Å². The Morgan fingerprint density at radius 2 is 1.93 bits per heavy atom. The Hall–Kier alpha value is 0.460. The Morgan fingerprint density at radius 3 is 2.29 bits per heavy atom. The first kappa shape index (κ1) is 14.5. The van der Waals surface area contributed by atoms with E-state index in [0.717, 1.165) is 0 Å². The van der Waals surface area contributed by atoms with Crippen LogP contribution in [0.15, 0.2) is 4.99 Å². The van der Waals surface area contributed by atoms with Crippen molar-refractivity contribution in [1.29, 1.82) is 0 Å². The summed E-state index contributed by atoms with van der Waals surface area (Å²) < 4.78 is 22.2. The molecule has 4 nitrogen and oxygen atoms in total. The molecule has 84 valence electrons. The third-order valence-electron chi connectivity index (χ3n) is 1.19. The Morgan fingerprint density at radius 1 is 1.43 bits per heavy atom. The fraction of sp³-hybridized carbons (Fsp3) is 0.857. The van der Waals surface area contributed by atoms with Crippen LogP contribution in [0.1, 0.15) is 13.8 Å². The Bertz CT molecular complexity index is 227. The highest BCUT2D eigenvalue weighted by molar-refractivity contribution is 8.16. The molecule has 0 bridgehead atoms. The zero-order chi connectivity index (χ0) is 11.0. The molecule has 0 aromatic carbocycles. The molecule has 0 unspecified atom stereocenters. The molecular weight excluding hydrogens is 245 g/mol. The standard InChI is InChI=1S/C7H15ClNO3PS/c1-4-11-13(10,12-5-2)6-9-7(8)14-3/h4-6H2,1-3H3/b9-7-. The van der Waals surface area contributed by atoms with Crippen molar-refractivity contribution in [2.24, 2.45) is 4.99 Å². The predicted octanol–water partition coefficient (Wildman–Crippen LogP) is 3.17. The van der Waals surface area contributed by atoms with Gasteiger partial charge in [0.2, 0.25) is 0 Å². The molecule has 0 aromatic heterocycles. The van der Waals surface area contributed by atoms with Crippen LogP contribution >= 0.6 is 31.0 Å². The van der Waals surface area contributed by atoms with Crippen LogP contribution < -0.4 is 0 Å². The molecule has 0 aliphatic carbocycles. The van der Waals surface area contributed by atoms with Crippen LogP contribution in [0.2, 0.25) is 0 Å². The van der Waals surface area contributed by atoms with Gasteiger partial charge in [0.05, 0.1) is 13.2 Å². The topological polar surface area (TPSA) is 47.9 Å². The lowest BCUT2D eigenvalue weighted by atomic mass is 10.9. The lowest BCUT2D eigenvalue weighted by Crippen LogP contribution is -1.99. The summed E-state index contributed by atoms with van der Waals surface area (Å²) in [4.78, 5) is 3.88. The smallest absolute Gasteiger partial charge is 0.308 e. The van der Waals surface area contributed by atoms with Gasteiger partial charge in [-0.1, -0.05) is 23.4 Å². The molecule has 0 aliphatic rings. The molecule has 0 N–H and O–H groups in total. The Labute approximate surface area is 93.9 Å². The Balaban J connectivity index is 4.29. The van der Waals surface area contributed by atoms with Crippen LogP contribution in [0.25, 0.3) is 0 Å². The molecule has 0 radical (unpaired) electrons. The van der Waals surface area contributed by atoms with Crippen LogP contribution in [0.5, 0.6) is 0 Å². The maximum absolute atomic E-state index is 11.8. The molecule has 0 atom stereocenters. The van der Waals surface area contributed by atoms with E-state index in [1.54, 1.807) is 20.1 Å². The van der Waals surface area contributed by atoms with Gasteiger partial charge in [0.25, 0.3) is 0 Å². The molecule has 0 amide bonds. The second-order valence-corrected chi connectivity index (χ2v) is 5.60. The highest BCUT2D eigenvalue weighted by atomic mass is 35.5. The molecule has 0 aromatic rings. The minimum absolute atomic E-state index is 0.0195. The summed E-state index contributed by atoms with van der Waals surface area (Å²) in [6.45, 7) is 4.19. The number of thioether (sulfide) groups is 1. The van der Waals surface area contributed by atoms with Crippen molar-refractivity contribution in [3.05, 3.63) is 0 Å². The van der Waals surface area contributed by atoms with Gasteiger partial charge < -0.3 is 9.05 Å². The van der Waals surface area contributed by atoms with Gasteiger partial charge in [-0.2, -0.15) is 0 Å². The van der Waals surface area contributed by atoms with E-state index in [9.17, 15) is 4.57 Å². The third kappa shape index (κ3) is 6.04. The van der Waals surface area contributed by atoms with Crippen molar-refractivity contribution >= 4 is 35.5 Å². The van der Waals surface area contributed by atoms with Gasteiger partial charge in [0.15, 0.2) is 4.50 Å². The second-order valence-electron chi connectivity index (χ2n) is 2.20. The second kappa shape index (κ2) is 7.71. The average Bonchev–Trinajstić information content (AvgIpc) is 2.15. The van der Waals surface area contributed by atoms with Crippen LogP contribution in [-0.2, 0) is 13.6 Å². The van der Waals surface area contributed by atoms with Crippen molar-refractivity contribution in [2.75, 3.05) is 25.8 Å². The largest absolute Gasteiger partial charge is 0.351 e. The van der Waals surface area contributed by atoms with E-state index in [1.807, 2.05) is 0 Å². The predicted molar refractivity (Wildman–Crippen MR) is 62.5 cm³/mol. The normalized spacial score (nSPS) is 13.3. The Kier molecular flexibility index (Phi) is 7.97. The number of hydrogen-bond donors (Lipinski definition) is 0. The van der Waals surface area contributed by atoms with Gasteiger partial charge in [-0.15, -0.1) is 0 Å².